The molecule has 4 heteroatoms. The zero-order valence-electron chi connectivity index (χ0n) is 46.6. The maximum absolute atomic E-state index is 7.03. The summed E-state index contributed by atoms with van der Waals surface area (Å²) in [7, 11) is 0. The molecule has 4 nitrogen and oxygen atoms in total. The summed E-state index contributed by atoms with van der Waals surface area (Å²) in [4.78, 5) is 4.76. The molecule has 2 aliphatic carbocycles. The summed E-state index contributed by atoms with van der Waals surface area (Å²) in [6.07, 6.45) is 0. The number of anilines is 6. The van der Waals surface area contributed by atoms with Crippen LogP contribution in [-0.2, 0) is 5.41 Å². The van der Waals surface area contributed by atoms with Crippen LogP contribution in [0.2, 0.25) is 0 Å². The fourth-order valence-corrected chi connectivity index (χ4v) is 14.6. The molecule has 0 fully saturated rings. The van der Waals surface area contributed by atoms with E-state index in [-0.39, 0.29) is 0 Å². The van der Waals surface area contributed by atoms with Gasteiger partial charge in [-0.15, -0.1) is 0 Å². The van der Waals surface area contributed by atoms with Crippen molar-refractivity contribution in [3.63, 3.8) is 0 Å². The number of nitrogens with zero attached hydrogens (tertiary/aromatic N) is 2. The number of benzene rings is 13. The van der Waals surface area contributed by atoms with Crippen LogP contribution in [0.15, 0.2) is 264 Å². The van der Waals surface area contributed by atoms with E-state index in [0.29, 0.717) is 11.8 Å². The highest BCUT2D eigenvalue weighted by molar-refractivity contribution is 6.14. The molecule has 0 radical (unpaired) electrons. The van der Waals surface area contributed by atoms with Crippen molar-refractivity contribution < 1.29 is 8.83 Å². The fraction of sp³-hybridized carbons (Fsp3) is 0.0886. The molecule has 1 spiro atoms. The monoisotopic (exact) mass is 1060 g/mol. The van der Waals surface area contributed by atoms with E-state index in [1.807, 2.05) is 0 Å². The summed E-state index contributed by atoms with van der Waals surface area (Å²) in [5.41, 5.74) is 22.0. The lowest BCUT2D eigenvalue weighted by Gasteiger charge is -2.31. The first-order valence-electron chi connectivity index (χ1n) is 29.2. The van der Waals surface area contributed by atoms with Gasteiger partial charge < -0.3 is 18.6 Å². The van der Waals surface area contributed by atoms with Crippen LogP contribution >= 0.6 is 0 Å². The molecular weight excluding hydrogens is 1010 g/mol. The van der Waals surface area contributed by atoms with Crippen LogP contribution in [-0.4, -0.2) is 0 Å². The lowest BCUT2D eigenvalue weighted by molar-refractivity contribution is 0.657. The summed E-state index contributed by atoms with van der Waals surface area (Å²) >= 11 is 0. The molecule has 0 aliphatic heterocycles. The molecule has 0 saturated carbocycles. The van der Waals surface area contributed by atoms with E-state index in [4.69, 9.17) is 8.83 Å². The molecule has 0 saturated heterocycles. The van der Waals surface area contributed by atoms with Gasteiger partial charge in [-0.25, -0.2) is 0 Å². The molecule has 0 amide bonds. The number of fused-ring (bicyclic) bond motifs is 20. The fourth-order valence-electron chi connectivity index (χ4n) is 14.6. The van der Waals surface area contributed by atoms with Crippen molar-refractivity contribution in [2.75, 3.05) is 9.80 Å². The molecule has 2 heterocycles. The summed E-state index contributed by atoms with van der Waals surface area (Å²) in [6.45, 7) is 8.96. The third-order valence-corrected chi connectivity index (χ3v) is 18.3. The Bertz CT molecular complexity index is 4920. The SMILES string of the molecule is CC(C)c1cccc2c1oc1c(N(c3ccccc3)c3ccc4cc5c(cc4c3)C3(c4cc6cc(N(c7ccccc7)c7cccc8c7oc7c(C(C)C)cccc78)ccc6cc4-5)c4ccccc4-c4c3ccc3ccccc43)cccc12. The Kier molecular flexibility index (Phi) is 10.3. The first-order chi connectivity index (χ1) is 40.8. The van der Waals surface area contributed by atoms with Crippen LogP contribution in [0.1, 0.15) is 72.9 Å². The normalized spacial score (nSPS) is 13.1. The molecule has 0 bridgehead atoms. The standard InChI is InChI=1S/C79H56N2O2/c1-47(2)58-26-15-28-61-63-30-17-33-72(77(63)82-75(58)61)80(54-20-7-5-8-21-54)56-38-35-50-43-66-67-44-51-36-39-57(81(55-22-9-6-10-23-55)73-34-18-31-64-62-29-16-27-59(48(3)4)76(62)83-78(64)73)42-53(51)46-71(67)79(70(66)45-52(50)41-56)68-32-14-13-25-65(68)74-60-24-12-11-19-49(60)37-40-69(74)79/h5-48H,1-4H3. The Morgan fingerprint density at radius 3 is 1.27 bits per heavy atom. The van der Waals surface area contributed by atoms with Gasteiger partial charge in [0.1, 0.15) is 11.2 Å². The lowest BCUT2D eigenvalue weighted by Crippen LogP contribution is -2.26. The molecule has 0 unspecified atom stereocenters. The highest BCUT2D eigenvalue weighted by Gasteiger charge is 2.52. The second kappa shape index (κ2) is 17.9. The maximum Gasteiger partial charge on any atom is 0.159 e. The van der Waals surface area contributed by atoms with Gasteiger partial charge in [-0.3, -0.25) is 0 Å². The quantitative estimate of drug-likeness (QED) is 0.152. The Morgan fingerprint density at radius 1 is 0.289 bits per heavy atom. The van der Waals surface area contributed by atoms with Gasteiger partial charge in [0.25, 0.3) is 0 Å². The minimum absolute atomic E-state index is 0.316. The van der Waals surface area contributed by atoms with Gasteiger partial charge in [0.2, 0.25) is 0 Å². The third kappa shape index (κ3) is 6.81. The van der Waals surface area contributed by atoms with Crippen molar-refractivity contribution >= 4 is 110 Å². The van der Waals surface area contributed by atoms with Gasteiger partial charge in [-0.05, 0) is 185 Å². The van der Waals surface area contributed by atoms with Gasteiger partial charge in [0.15, 0.2) is 11.2 Å². The smallest absolute Gasteiger partial charge is 0.159 e. The predicted molar refractivity (Wildman–Crippen MR) is 347 cm³/mol. The van der Waals surface area contributed by atoms with E-state index in [9.17, 15) is 0 Å². The van der Waals surface area contributed by atoms with E-state index in [2.05, 4.69) is 292 Å². The molecule has 15 aromatic rings. The highest BCUT2D eigenvalue weighted by atomic mass is 16.3. The van der Waals surface area contributed by atoms with Crippen molar-refractivity contribution in [1.29, 1.82) is 0 Å². The van der Waals surface area contributed by atoms with Crippen molar-refractivity contribution in [2.45, 2.75) is 44.9 Å². The Morgan fingerprint density at radius 2 is 0.735 bits per heavy atom. The van der Waals surface area contributed by atoms with Crippen LogP contribution in [0.5, 0.6) is 0 Å². The molecule has 2 aromatic heterocycles. The second-order valence-electron chi connectivity index (χ2n) is 23.5. The third-order valence-electron chi connectivity index (χ3n) is 18.3. The van der Waals surface area contributed by atoms with Crippen LogP contribution in [0.4, 0.5) is 34.1 Å². The zero-order chi connectivity index (χ0) is 55.2. The summed E-state index contributed by atoms with van der Waals surface area (Å²) in [5.74, 6) is 0.633. The average molecular weight is 1070 g/mol. The van der Waals surface area contributed by atoms with Gasteiger partial charge in [0.05, 0.1) is 16.8 Å². The maximum atomic E-state index is 7.03. The Labute approximate surface area is 481 Å². The minimum atomic E-state index is -0.630. The largest absolute Gasteiger partial charge is 0.454 e. The number of rotatable bonds is 8. The molecule has 0 atom stereocenters. The highest BCUT2D eigenvalue weighted by Crippen LogP contribution is 2.65. The molecule has 394 valence electrons. The first kappa shape index (κ1) is 47.6. The summed E-state index contributed by atoms with van der Waals surface area (Å²) in [6, 6.07) is 94.7. The van der Waals surface area contributed by atoms with Crippen LogP contribution in [0.25, 0.3) is 98.4 Å². The topological polar surface area (TPSA) is 32.8 Å². The number of para-hydroxylation sites is 6. The van der Waals surface area contributed by atoms with Gasteiger partial charge >= 0.3 is 0 Å². The second-order valence-corrected chi connectivity index (χ2v) is 23.5. The first-order valence-corrected chi connectivity index (χ1v) is 29.2. The molecule has 2 aliphatic rings. The number of hydrogen-bond donors (Lipinski definition) is 0. The minimum Gasteiger partial charge on any atom is -0.454 e. The predicted octanol–water partition coefficient (Wildman–Crippen LogP) is 22.5. The summed E-state index contributed by atoms with van der Waals surface area (Å²) in [5, 5.41) is 11.7. The van der Waals surface area contributed by atoms with Gasteiger partial charge in [-0.2, -0.15) is 0 Å². The van der Waals surface area contributed by atoms with Crippen molar-refractivity contribution in [3.05, 3.63) is 288 Å². The van der Waals surface area contributed by atoms with E-state index in [1.165, 1.54) is 88.0 Å². The van der Waals surface area contributed by atoms with E-state index >= 15 is 0 Å². The average Bonchev–Trinajstić information content (AvgIpc) is 1.66. The molecule has 83 heavy (non-hydrogen) atoms. The Balaban J connectivity index is 0.899. The molecule has 17 rings (SSSR count). The van der Waals surface area contributed by atoms with Crippen LogP contribution < -0.4 is 9.80 Å². The summed E-state index contributed by atoms with van der Waals surface area (Å²) < 4.78 is 14.1. The van der Waals surface area contributed by atoms with E-state index < -0.39 is 5.41 Å². The van der Waals surface area contributed by atoms with Crippen LogP contribution in [0.3, 0.4) is 0 Å². The molecular formula is C79H56N2O2. The zero-order valence-corrected chi connectivity index (χ0v) is 46.6. The number of furan rings is 2. The van der Waals surface area contributed by atoms with Crippen LogP contribution in [0, 0.1) is 0 Å². The van der Waals surface area contributed by atoms with Gasteiger partial charge in [0, 0.05) is 44.3 Å². The Hall–Kier alpha value is -10.2. The number of hydrogen-bond acceptors (Lipinski definition) is 4. The van der Waals surface area contributed by atoms with Crippen molar-refractivity contribution in [2.24, 2.45) is 0 Å². The van der Waals surface area contributed by atoms with E-state index in [1.54, 1.807) is 0 Å². The molecule has 13 aromatic carbocycles. The van der Waals surface area contributed by atoms with E-state index in [0.717, 1.165) is 78.0 Å². The lowest BCUT2D eigenvalue weighted by atomic mass is 9.70. The van der Waals surface area contributed by atoms with Crippen molar-refractivity contribution in [3.8, 4) is 22.3 Å². The van der Waals surface area contributed by atoms with Crippen molar-refractivity contribution in [1.82, 2.24) is 0 Å². The van der Waals surface area contributed by atoms with Gasteiger partial charge in [-0.1, -0.05) is 198 Å². The molecule has 0 N–H and O–H groups in total.